The van der Waals surface area contributed by atoms with Crippen LogP contribution in [0.3, 0.4) is 0 Å². The topological polar surface area (TPSA) is 21.3 Å². The Labute approximate surface area is 105 Å². The Morgan fingerprint density at radius 3 is 2.65 bits per heavy atom. The molecule has 0 spiro atoms. The zero-order valence-corrected chi connectivity index (χ0v) is 11.5. The van der Waals surface area contributed by atoms with Gasteiger partial charge in [0.1, 0.15) is 5.75 Å². The maximum absolute atomic E-state index is 5.26. The van der Waals surface area contributed by atoms with E-state index in [-0.39, 0.29) is 0 Å². The standard InChI is InChI=1S/C15H25NO/c1-12(2)8-14(11-16-3)9-13-6-5-7-15(10-13)17-4/h5-7,10,12,14,16H,8-9,11H2,1-4H3. The van der Waals surface area contributed by atoms with Crippen LogP contribution in [0, 0.1) is 11.8 Å². The van der Waals surface area contributed by atoms with Crippen LogP contribution in [0.4, 0.5) is 0 Å². The Hall–Kier alpha value is -1.02. The van der Waals surface area contributed by atoms with Gasteiger partial charge in [0, 0.05) is 0 Å². The van der Waals surface area contributed by atoms with Crippen LogP contribution >= 0.6 is 0 Å². The molecule has 2 heteroatoms. The fraction of sp³-hybridized carbons (Fsp3) is 0.600. The van der Waals surface area contributed by atoms with Gasteiger partial charge in [-0.2, -0.15) is 0 Å². The number of rotatable bonds is 7. The molecule has 96 valence electrons. The highest BCUT2D eigenvalue weighted by Crippen LogP contribution is 2.20. The first kappa shape index (κ1) is 14.0. The fourth-order valence-electron chi connectivity index (χ4n) is 2.33. The van der Waals surface area contributed by atoms with Crippen LogP contribution in [-0.2, 0) is 6.42 Å². The van der Waals surface area contributed by atoms with E-state index in [0.717, 1.165) is 24.6 Å². The molecule has 0 saturated carbocycles. The zero-order valence-electron chi connectivity index (χ0n) is 11.5. The van der Waals surface area contributed by atoms with Gasteiger partial charge in [-0.25, -0.2) is 0 Å². The van der Waals surface area contributed by atoms with Crippen LogP contribution in [0.2, 0.25) is 0 Å². The van der Waals surface area contributed by atoms with Crippen molar-refractivity contribution in [3.8, 4) is 5.75 Å². The lowest BCUT2D eigenvalue weighted by Gasteiger charge is -2.19. The van der Waals surface area contributed by atoms with E-state index < -0.39 is 0 Å². The molecule has 0 bridgehead atoms. The lowest BCUT2D eigenvalue weighted by molar-refractivity contribution is 0.392. The molecule has 2 nitrogen and oxygen atoms in total. The highest BCUT2D eigenvalue weighted by molar-refractivity contribution is 5.28. The van der Waals surface area contributed by atoms with Crippen molar-refractivity contribution in [3.63, 3.8) is 0 Å². The highest BCUT2D eigenvalue weighted by Gasteiger charge is 2.11. The molecule has 0 radical (unpaired) electrons. The second-order valence-corrected chi connectivity index (χ2v) is 5.11. The van der Waals surface area contributed by atoms with Gasteiger partial charge in [-0.05, 0) is 56.0 Å². The molecule has 1 unspecified atom stereocenters. The summed E-state index contributed by atoms with van der Waals surface area (Å²) in [5.41, 5.74) is 1.37. The van der Waals surface area contributed by atoms with Gasteiger partial charge in [0.2, 0.25) is 0 Å². The normalized spacial score (nSPS) is 12.8. The summed E-state index contributed by atoms with van der Waals surface area (Å²) >= 11 is 0. The van der Waals surface area contributed by atoms with Crippen molar-refractivity contribution >= 4 is 0 Å². The number of nitrogens with one attached hydrogen (secondary N) is 1. The van der Waals surface area contributed by atoms with Gasteiger partial charge in [0.05, 0.1) is 7.11 Å². The summed E-state index contributed by atoms with van der Waals surface area (Å²) in [5, 5.41) is 3.29. The summed E-state index contributed by atoms with van der Waals surface area (Å²) in [6.07, 6.45) is 2.38. The molecule has 0 saturated heterocycles. The lowest BCUT2D eigenvalue weighted by atomic mass is 9.91. The molecule has 1 aromatic carbocycles. The summed E-state index contributed by atoms with van der Waals surface area (Å²) in [6, 6.07) is 8.40. The minimum atomic E-state index is 0.701. The average Bonchev–Trinajstić information content (AvgIpc) is 2.29. The molecule has 1 atom stereocenters. The van der Waals surface area contributed by atoms with Crippen molar-refractivity contribution in [1.82, 2.24) is 5.32 Å². The van der Waals surface area contributed by atoms with Crippen molar-refractivity contribution in [2.75, 3.05) is 20.7 Å². The Bertz CT molecular complexity index is 322. The summed E-state index contributed by atoms with van der Waals surface area (Å²) in [7, 11) is 3.75. The van der Waals surface area contributed by atoms with E-state index >= 15 is 0 Å². The summed E-state index contributed by atoms with van der Waals surface area (Å²) in [6.45, 7) is 5.65. The molecule has 1 aromatic rings. The molecule has 0 aliphatic heterocycles. The Morgan fingerprint density at radius 1 is 1.29 bits per heavy atom. The third-order valence-corrected chi connectivity index (χ3v) is 2.96. The van der Waals surface area contributed by atoms with Gasteiger partial charge in [-0.1, -0.05) is 26.0 Å². The monoisotopic (exact) mass is 235 g/mol. The molecule has 0 heterocycles. The summed E-state index contributed by atoms with van der Waals surface area (Å²) < 4.78 is 5.26. The Kier molecular flexibility index (Phi) is 6.06. The minimum Gasteiger partial charge on any atom is -0.497 e. The minimum absolute atomic E-state index is 0.701. The van der Waals surface area contributed by atoms with E-state index in [9.17, 15) is 0 Å². The number of ether oxygens (including phenoxy) is 1. The second-order valence-electron chi connectivity index (χ2n) is 5.11. The largest absolute Gasteiger partial charge is 0.497 e. The second kappa shape index (κ2) is 7.33. The van der Waals surface area contributed by atoms with Gasteiger partial charge < -0.3 is 10.1 Å². The number of hydrogen-bond donors (Lipinski definition) is 1. The van der Waals surface area contributed by atoms with E-state index in [0.29, 0.717) is 5.92 Å². The molecule has 0 aromatic heterocycles. The van der Waals surface area contributed by atoms with Gasteiger partial charge in [-0.3, -0.25) is 0 Å². The van der Waals surface area contributed by atoms with Crippen LogP contribution in [0.1, 0.15) is 25.8 Å². The fourth-order valence-corrected chi connectivity index (χ4v) is 2.33. The van der Waals surface area contributed by atoms with E-state index in [1.54, 1.807) is 7.11 Å². The average molecular weight is 235 g/mol. The molecule has 0 amide bonds. The summed E-state index contributed by atoms with van der Waals surface area (Å²) in [5.74, 6) is 2.40. The molecule has 1 rings (SSSR count). The van der Waals surface area contributed by atoms with Crippen LogP contribution in [0.5, 0.6) is 5.75 Å². The van der Waals surface area contributed by atoms with Crippen LogP contribution < -0.4 is 10.1 Å². The number of methoxy groups -OCH3 is 1. The number of benzene rings is 1. The highest BCUT2D eigenvalue weighted by atomic mass is 16.5. The molecular weight excluding hydrogens is 210 g/mol. The van der Waals surface area contributed by atoms with Crippen LogP contribution in [-0.4, -0.2) is 20.7 Å². The number of hydrogen-bond acceptors (Lipinski definition) is 2. The molecule has 17 heavy (non-hydrogen) atoms. The molecule has 1 N–H and O–H groups in total. The maximum Gasteiger partial charge on any atom is 0.119 e. The SMILES string of the molecule is CNCC(Cc1cccc(OC)c1)CC(C)C. The maximum atomic E-state index is 5.26. The summed E-state index contributed by atoms with van der Waals surface area (Å²) in [4.78, 5) is 0. The van der Waals surface area contributed by atoms with Gasteiger partial charge >= 0.3 is 0 Å². The first-order chi connectivity index (χ1) is 8.15. The van der Waals surface area contributed by atoms with Gasteiger partial charge in [0.25, 0.3) is 0 Å². The van der Waals surface area contributed by atoms with E-state index in [1.807, 2.05) is 13.1 Å². The molecule has 0 aliphatic carbocycles. The first-order valence-corrected chi connectivity index (χ1v) is 6.43. The van der Waals surface area contributed by atoms with E-state index in [1.165, 1.54) is 12.0 Å². The quantitative estimate of drug-likeness (QED) is 0.784. The predicted octanol–water partition coefficient (Wildman–Crippen LogP) is 3.12. The van der Waals surface area contributed by atoms with Crippen molar-refractivity contribution in [2.24, 2.45) is 11.8 Å². The molecule has 0 aliphatic rings. The van der Waals surface area contributed by atoms with Gasteiger partial charge in [-0.15, -0.1) is 0 Å². The molecule has 0 fully saturated rings. The molecular formula is C15H25NO. The Morgan fingerprint density at radius 2 is 2.06 bits per heavy atom. The van der Waals surface area contributed by atoms with Crippen molar-refractivity contribution < 1.29 is 4.74 Å². The smallest absolute Gasteiger partial charge is 0.119 e. The van der Waals surface area contributed by atoms with Crippen molar-refractivity contribution in [2.45, 2.75) is 26.7 Å². The Balaban J connectivity index is 2.64. The third kappa shape index (κ3) is 5.22. The van der Waals surface area contributed by atoms with Crippen molar-refractivity contribution in [1.29, 1.82) is 0 Å². The van der Waals surface area contributed by atoms with E-state index in [4.69, 9.17) is 4.74 Å². The van der Waals surface area contributed by atoms with Crippen molar-refractivity contribution in [3.05, 3.63) is 29.8 Å². The third-order valence-electron chi connectivity index (χ3n) is 2.96. The lowest BCUT2D eigenvalue weighted by Crippen LogP contribution is -2.22. The van der Waals surface area contributed by atoms with Crippen LogP contribution in [0.15, 0.2) is 24.3 Å². The predicted molar refractivity (Wildman–Crippen MR) is 73.6 cm³/mol. The van der Waals surface area contributed by atoms with Gasteiger partial charge in [0.15, 0.2) is 0 Å². The zero-order chi connectivity index (χ0) is 12.7. The first-order valence-electron chi connectivity index (χ1n) is 6.43. The van der Waals surface area contributed by atoms with Crippen LogP contribution in [0.25, 0.3) is 0 Å². The van der Waals surface area contributed by atoms with E-state index in [2.05, 4.69) is 37.4 Å².